The first kappa shape index (κ1) is 19.4. The van der Waals surface area contributed by atoms with Crippen molar-refractivity contribution in [3.63, 3.8) is 0 Å². The number of anilines is 1. The summed E-state index contributed by atoms with van der Waals surface area (Å²) in [7, 11) is -2.42. The lowest BCUT2D eigenvalue weighted by molar-refractivity contribution is -0.116. The van der Waals surface area contributed by atoms with E-state index >= 15 is 0 Å². The van der Waals surface area contributed by atoms with Gasteiger partial charge in [0.15, 0.2) is 0 Å². The molecule has 8 heteroatoms. The van der Waals surface area contributed by atoms with Gasteiger partial charge in [-0.1, -0.05) is 19.1 Å². The van der Waals surface area contributed by atoms with Gasteiger partial charge < -0.3 is 10.1 Å². The normalized spacial score (nSPS) is 11.0. The first-order valence-electron chi connectivity index (χ1n) is 7.85. The predicted molar refractivity (Wildman–Crippen MR) is 97.2 cm³/mol. The van der Waals surface area contributed by atoms with Crippen LogP contribution in [-0.2, 0) is 14.8 Å². The lowest BCUT2D eigenvalue weighted by Crippen LogP contribution is -2.38. The second-order valence-corrected chi connectivity index (χ2v) is 7.22. The summed E-state index contributed by atoms with van der Waals surface area (Å²) in [5.41, 5.74) is 0.572. The van der Waals surface area contributed by atoms with Crippen LogP contribution in [0.1, 0.15) is 12.5 Å². The Morgan fingerprint density at radius 1 is 1.19 bits per heavy atom. The molecule has 7 nitrogen and oxygen atoms in total. The van der Waals surface area contributed by atoms with Gasteiger partial charge in [-0.05, 0) is 36.4 Å². The monoisotopic (exact) mass is 373 g/mol. The number of nitrogens with zero attached hydrogens (tertiary/aromatic N) is 2. The maximum absolute atomic E-state index is 12.8. The molecule has 0 saturated carbocycles. The zero-order chi connectivity index (χ0) is 19.2. The Hall–Kier alpha value is -2.89. The quantitative estimate of drug-likeness (QED) is 0.802. The van der Waals surface area contributed by atoms with Crippen LogP contribution in [0.15, 0.2) is 53.4 Å². The van der Waals surface area contributed by atoms with Crippen molar-refractivity contribution in [2.24, 2.45) is 0 Å². The number of likely N-dealkylation sites (N-methyl/N-ethyl adjacent to an activating group) is 1. The van der Waals surface area contributed by atoms with Crippen LogP contribution >= 0.6 is 0 Å². The van der Waals surface area contributed by atoms with Crippen molar-refractivity contribution in [2.45, 2.75) is 11.8 Å². The van der Waals surface area contributed by atoms with Crippen LogP contribution < -0.4 is 10.1 Å². The lowest BCUT2D eigenvalue weighted by Gasteiger charge is -2.20. The van der Waals surface area contributed by atoms with Gasteiger partial charge in [0.2, 0.25) is 15.9 Å². The molecule has 0 aliphatic carbocycles. The number of carbonyl (C=O) groups is 1. The highest BCUT2D eigenvalue weighted by Gasteiger charge is 2.27. The molecule has 0 aliphatic heterocycles. The van der Waals surface area contributed by atoms with Gasteiger partial charge in [-0.3, -0.25) is 4.79 Å². The molecule has 2 rings (SSSR count). The number of methoxy groups -OCH3 is 1. The minimum atomic E-state index is -3.96. The maximum Gasteiger partial charge on any atom is 0.244 e. The zero-order valence-electron chi connectivity index (χ0n) is 14.5. The van der Waals surface area contributed by atoms with Crippen LogP contribution in [0, 0.1) is 11.3 Å². The van der Waals surface area contributed by atoms with Gasteiger partial charge in [0.25, 0.3) is 0 Å². The van der Waals surface area contributed by atoms with E-state index in [0.29, 0.717) is 11.4 Å². The van der Waals surface area contributed by atoms with E-state index in [4.69, 9.17) is 10.00 Å². The standard InChI is InChI=1S/C18H19N3O4S/c1-3-21(26(23,24)17-7-5-4-6-14(17)12-19)13-18(22)20-15-8-10-16(25-2)11-9-15/h4-11H,3,13H2,1-2H3,(H,20,22). The summed E-state index contributed by atoms with van der Waals surface area (Å²) in [6.45, 7) is 1.37. The van der Waals surface area contributed by atoms with Crippen molar-refractivity contribution in [3.05, 3.63) is 54.1 Å². The van der Waals surface area contributed by atoms with Crippen molar-refractivity contribution >= 4 is 21.6 Å². The summed E-state index contributed by atoms with van der Waals surface area (Å²) >= 11 is 0. The molecule has 0 spiro atoms. The van der Waals surface area contributed by atoms with Crippen LogP contribution in [0.4, 0.5) is 5.69 Å². The van der Waals surface area contributed by atoms with E-state index in [0.717, 1.165) is 4.31 Å². The molecule has 0 aromatic heterocycles. The molecule has 26 heavy (non-hydrogen) atoms. The maximum atomic E-state index is 12.8. The Morgan fingerprint density at radius 3 is 2.42 bits per heavy atom. The molecule has 136 valence electrons. The molecule has 2 aromatic carbocycles. The smallest absolute Gasteiger partial charge is 0.244 e. The van der Waals surface area contributed by atoms with Gasteiger partial charge >= 0.3 is 0 Å². The second kappa shape index (κ2) is 8.47. The van der Waals surface area contributed by atoms with E-state index in [-0.39, 0.29) is 23.5 Å². The predicted octanol–water partition coefficient (Wildman–Crippen LogP) is 2.22. The fourth-order valence-corrected chi connectivity index (χ4v) is 3.87. The molecule has 1 N–H and O–H groups in total. The third-order valence-corrected chi connectivity index (χ3v) is 5.65. The molecule has 0 heterocycles. The van der Waals surface area contributed by atoms with Crippen molar-refractivity contribution in [1.82, 2.24) is 4.31 Å². The zero-order valence-corrected chi connectivity index (χ0v) is 15.3. The van der Waals surface area contributed by atoms with Crippen molar-refractivity contribution in [2.75, 3.05) is 25.5 Å². The fraction of sp³-hybridized carbons (Fsp3) is 0.222. The van der Waals surface area contributed by atoms with E-state index in [1.54, 1.807) is 43.3 Å². The molecule has 0 bridgehead atoms. The summed E-state index contributed by atoms with van der Waals surface area (Å²) in [5, 5.41) is 11.8. The molecule has 1 amide bonds. The van der Waals surface area contributed by atoms with Crippen LogP contribution in [0.5, 0.6) is 5.75 Å². The molecule has 0 unspecified atom stereocenters. The number of rotatable bonds is 7. The number of amides is 1. The number of nitrogens with one attached hydrogen (secondary N) is 1. The number of sulfonamides is 1. The summed E-state index contributed by atoms with van der Waals surface area (Å²) < 4.78 is 31.7. The number of hydrogen-bond acceptors (Lipinski definition) is 5. The third-order valence-electron chi connectivity index (χ3n) is 3.67. The summed E-state index contributed by atoms with van der Waals surface area (Å²) in [6.07, 6.45) is 0. The van der Waals surface area contributed by atoms with Crippen molar-refractivity contribution < 1.29 is 17.9 Å². The van der Waals surface area contributed by atoms with Crippen LogP contribution in [0.25, 0.3) is 0 Å². The molecular formula is C18H19N3O4S. The fourth-order valence-electron chi connectivity index (χ4n) is 2.32. The topological polar surface area (TPSA) is 99.5 Å². The van der Waals surface area contributed by atoms with E-state index in [1.807, 2.05) is 6.07 Å². The van der Waals surface area contributed by atoms with Gasteiger partial charge in [0.1, 0.15) is 11.8 Å². The van der Waals surface area contributed by atoms with E-state index in [9.17, 15) is 13.2 Å². The average Bonchev–Trinajstić information content (AvgIpc) is 2.66. The molecule has 0 aliphatic rings. The molecule has 2 aromatic rings. The van der Waals surface area contributed by atoms with E-state index in [1.165, 1.54) is 19.2 Å². The van der Waals surface area contributed by atoms with Crippen molar-refractivity contribution in [1.29, 1.82) is 5.26 Å². The van der Waals surface area contributed by atoms with Gasteiger partial charge in [-0.15, -0.1) is 0 Å². The Balaban J connectivity index is 2.17. The number of nitriles is 1. The highest BCUT2D eigenvalue weighted by Crippen LogP contribution is 2.20. The van der Waals surface area contributed by atoms with Crippen LogP contribution in [-0.4, -0.2) is 38.8 Å². The summed E-state index contributed by atoms with van der Waals surface area (Å²) in [6, 6.07) is 14.5. The first-order chi connectivity index (χ1) is 12.4. The molecule has 0 radical (unpaired) electrons. The number of carbonyl (C=O) groups excluding carboxylic acids is 1. The highest BCUT2D eigenvalue weighted by atomic mass is 32.2. The first-order valence-corrected chi connectivity index (χ1v) is 9.29. The van der Waals surface area contributed by atoms with Gasteiger partial charge in [-0.2, -0.15) is 9.57 Å². The van der Waals surface area contributed by atoms with Gasteiger partial charge in [0.05, 0.1) is 24.1 Å². The summed E-state index contributed by atoms with van der Waals surface area (Å²) in [5.74, 6) is 0.170. The molecule has 0 atom stereocenters. The third kappa shape index (κ3) is 4.39. The second-order valence-electron chi connectivity index (χ2n) is 5.32. The van der Waals surface area contributed by atoms with Gasteiger partial charge in [-0.25, -0.2) is 8.42 Å². The Kier molecular flexibility index (Phi) is 6.33. The van der Waals surface area contributed by atoms with Crippen LogP contribution in [0.3, 0.4) is 0 Å². The Morgan fingerprint density at radius 2 is 1.85 bits per heavy atom. The van der Waals surface area contributed by atoms with Crippen molar-refractivity contribution in [3.8, 4) is 11.8 Å². The number of hydrogen-bond donors (Lipinski definition) is 1. The Labute approximate surface area is 152 Å². The largest absolute Gasteiger partial charge is 0.497 e. The van der Waals surface area contributed by atoms with E-state index in [2.05, 4.69) is 5.32 Å². The molecular weight excluding hydrogens is 354 g/mol. The van der Waals surface area contributed by atoms with Crippen LogP contribution in [0.2, 0.25) is 0 Å². The SMILES string of the molecule is CCN(CC(=O)Nc1ccc(OC)cc1)S(=O)(=O)c1ccccc1C#N. The summed E-state index contributed by atoms with van der Waals surface area (Å²) in [4.78, 5) is 12.1. The number of benzene rings is 2. The minimum Gasteiger partial charge on any atom is -0.497 e. The molecule has 0 fully saturated rings. The van der Waals surface area contributed by atoms with E-state index < -0.39 is 15.9 Å². The van der Waals surface area contributed by atoms with Gasteiger partial charge in [0, 0.05) is 12.2 Å². The Bertz CT molecular complexity index is 918. The number of ether oxygens (including phenoxy) is 1. The lowest BCUT2D eigenvalue weighted by atomic mass is 10.2. The molecule has 0 saturated heterocycles. The average molecular weight is 373 g/mol. The highest BCUT2D eigenvalue weighted by molar-refractivity contribution is 7.89. The minimum absolute atomic E-state index is 0.0431.